The van der Waals surface area contributed by atoms with Crippen LogP contribution < -0.4 is 4.74 Å². The monoisotopic (exact) mass is 416 g/mol. The molecule has 1 aromatic heterocycles. The molecule has 2 N–H and O–H groups in total. The molecule has 0 bridgehead atoms. The minimum absolute atomic E-state index is 0.0239. The first-order chi connectivity index (χ1) is 14.1. The van der Waals surface area contributed by atoms with Crippen molar-refractivity contribution in [3.05, 3.63) is 59.2 Å². The van der Waals surface area contributed by atoms with Crippen LogP contribution in [0.15, 0.2) is 48.5 Å². The van der Waals surface area contributed by atoms with Crippen molar-refractivity contribution in [3.63, 3.8) is 0 Å². The number of carboxylic acids is 1. The van der Waals surface area contributed by atoms with Gasteiger partial charge in [0.1, 0.15) is 23.9 Å². The standard InChI is InChI=1S/C21H21ClN2O5/c1-27-10-11-28-12-13-29-17-8-4-15(5-9-17)20-23-18(19(24-20)21(25)26)14-2-6-16(22)7-3-14/h2-9H,10-13H2,1H3,(H,23,24)(H,25,26). The van der Waals surface area contributed by atoms with E-state index in [0.717, 1.165) is 5.56 Å². The number of H-pyrrole nitrogens is 1. The Morgan fingerprint density at radius 1 is 1.00 bits per heavy atom. The van der Waals surface area contributed by atoms with Crippen molar-refractivity contribution >= 4 is 17.6 Å². The predicted molar refractivity (Wildman–Crippen MR) is 110 cm³/mol. The van der Waals surface area contributed by atoms with Gasteiger partial charge in [0.2, 0.25) is 0 Å². The van der Waals surface area contributed by atoms with E-state index in [4.69, 9.17) is 25.8 Å². The minimum atomic E-state index is -1.08. The highest BCUT2D eigenvalue weighted by atomic mass is 35.5. The summed E-state index contributed by atoms with van der Waals surface area (Å²) in [6, 6.07) is 14.1. The average Bonchev–Trinajstić information content (AvgIpc) is 3.17. The van der Waals surface area contributed by atoms with Gasteiger partial charge in [0, 0.05) is 23.3 Å². The third-order valence-electron chi connectivity index (χ3n) is 4.09. The Bertz CT molecular complexity index is 939. The van der Waals surface area contributed by atoms with Crippen molar-refractivity contribution in [3.8, 4) is 28.4 Å². The molecule has 0 aliphatic rings. The summed E-state index contributed by atoms with van der Waals surface area (Å²) >= 11 is 5.92. The van der Waals surface area contributed by atoms with Crippen LogP contribution >= 0.6 is 11.6 Å². The quantitative estimate of drug-likeness (QED) is 0.482. The van der Waals surface area contributed by atoms with Gasteiger partial charge in [0.15, 0.2) is 5.69 Å². The number of aromatic nitrogens is 2. The van der Waals surface area contributed by atoms with Gasteiger partial charge in [0.25, 0.3) is 0 Å². The smallest absolute Gasteiger partial charge is 0.354 e. The van der Waals surface area contributed by atoms with Crippen LogP contribution in [0.1, 0.15) is 10.5 Å². The maximum atomic E-state index is 11.6. The second-order valence-electron chi connectivity index (χ2n) is 6.10. The number of benzene rings is 2. The van der Waals surface area contributed by atoms with E-state index in [-0.39, 0.29) is 5.69 Å². The SMILES string of the molecule is COCCOCCOc1ccc(-c2nc(-c3ccc(Cl)cc3)c(C(=O)O)[nH]2)cc1. The van der Waals surface area contributed by atoms with Gasteiger partial charge in [-0.2, -0.15) is 0 Å². The van der Waals surface area contributed by atoms with Crippen molar-refractivity contribution in [2.75, 3.05) is 33.5 Å². The highest BCUT2D eigenvalue weighted by Gasteiger charge is 2.18. The topological polar surface area (TPSA) is 93.7 Å². The molecule has 152 valence electrons. The zero-order valence-corrected chi connectivity index (χ0v) is 16.6. The number of imidazole rings is 1. The van der Waals surface area contributed by atoms with Crippen LogP contribution in [-0.4, -0.2) is 54.6 Å². The first-order valence-electron chi connectivity index (χ1n) is 8.97. The van der Waals surface area contributed by atoms with E-state index in [2.05, 4.69) is 9.97 Å². The highest BCUT2D eigenvalue weighted by molar-refractivity contribution is 6.30. The van der Waals surface area contributed by atoms with Crippen LogP contribution in [0.5, 0.6) is 5.75 Å². The zero-order valence-electron chi connectivity index (χ0n) is 15.9. The summed E-state index contributed by atoms with van der Waals surface area (Å²) in [4.78, 5) is 19.0. The molecule has 0 atom stereocenters. The van der Waals surface area contributed by atoms with Gasteiger partial charge in [-0.05, 0) is 36.4 Å². The molecule has 0 radical (unpaired) electrons. The Morgan fingerprint density at radius 3 is 2.31 bits per heavy atom. The molecular formula is C21H21ClN2O5. The number of nitrogens with one attached hydrogen (secondary N) is 1. The molecule has 0 aliphatic heterocycles. The Balaban J connectivity index is 1.71. The Labute approximate surface area is 173 Å². The number of nitrogens with zero attached hydrogens (tertiary/aromatic N) is 1. The summed E-state index contributed by atoms with van der Waals surface area (Å²) < 4.78 is 15.9. The molecule has 0 saturated carbocycles. The van der Waals surface area contributed by atoms with Crippen LogP contribution in [0.3, 0.4) is 0 Å². The molecule has 1 heterocycles. The van der Waals surface area contributed by atoms with Crippen LogP contribution in [0.4, 0.5) is 0 Å². The van der Waals surface area contributed by atoms with Gasteiger partial charge < -0.3 is 24.3 Å². The number of methoxy groups -OCH3 is 1. The molecule has 0 unspecified atom stereocenters. The van der Waals surface area contributed by atoms with E-state index in [1.54, 1.807) is 43.5 Å². The number of carboxylic acid groups (broad SMARTS) is 1. The van der Waals surface area contributed by atoms with Crippen molar-refractivity contribution in [1.82, 2.24) is 9.97 Å². The van der Waals surface area contributed by atoms with Crippen LogP contribution in [0.2, 0.25) is 5.02 Å². The lowest BCUT2D eigenvalue weighted by molar-refractivity contribution is 0.0544. The van der Waals surface area contributed by atoms with E-state index in [1.165, 1.54) is 0 Å². The fourth-order valence-electron chi connectivity index (χ4n) is 2.65. The molecule has 0 saturated heterocycles. The maximum absolute atomic E-state index is 11.6. The normalized spacial score (nSPS) is 10.8. The van der Waals surface area contributed by atoms with Gasteiger partial charge in [-0.25, -0.2) is 9.78 Å². The van der Waals surface area contributed by atoms with Gasteiger partial charge in [-0.1, -0.05) is 23.7 Å². The second-order valence-corrected chi connectivity index (χ2v) is 6.54. The average molecular weight is 417 g/mol. The number of carbonyl (C=O) groups is 1. The van der Waals surface area contributed by atoms with Gasteiger partial charge in [-0.3, -0.25) is 0 Å². The summed E-state index contributed by atoms with van der Waals surface area (Å²) in [5.74, 6) is 0.0657. The number of ether oxygens (including phenoxy) is 3. The fourth-order valence-corrected chi connectivity index (χ4v) is 2.78. The lowest BCUT2D eigenvalue weighted by Crippen LogP contribution is -2.09. The second kappa shape index (κ2) is 10.1. The molecule has 7 nitrogen and oxygen atoms in total. The number of hydrogen-bond acceptors (Lipinski definition) is 5. The molecule has 2 aromatic carbocycles. The summed E-state index contributed by atoms with van der Waals surface area (Å²) in [7, 11) is 1.62. The number of rotatable bonds is 10. The molecule has 0 fully saturated rings. The van der Waals surface area contributed by atoms with Gasteiger partial charge in [0.05, 0.1) is 19.8 Å². The van der Waals surface area contributed by atoms with E-state index in [0.29, 0.717) is 54.3 Å². The molecule has 3 aromatic rings. The number of hydrogen-bond donors (Lipinski definition) is 2. The predicted octanol–water partition coefficient (Wildman–Crippen LogP) is 4.14. The Hall–Kier alpha value is -2.87. The van der Waals surface area contributed by atoms with Gasteiger partial charge in [-0.15, -0.1) is 0 Å². The first-order valence-corrected chi connectivity index (χ1v) is 9.35. The van der Waals surface area contributed by atoms with Crippen molar-refractivity contribution in [1.29, 1.82) is 0 Å². The maximum Gasteiger partial charge on any atom is 0.354 e. The lowest BCUT2D eigenvalue weighted by Gasteiger charge is -2.07. The number of aromatic amines is 1. The zero-order chi connectivity index (χ0) is 20.6. The number of halogens is 1. The number of aromatic carboxylic acids is 1. The van der Waals surface area contributed by atoms with Gasteiger partial charge >= 0.3 is 5.97 Å². The molecule has 29 heavy (non-hydrogen) atoms. The largest absolute Gasteiger partial charge is 0.491 e. The summed E-state index contributed by atoms with van der Waals surface area (Å²) in [5, 5.41) is 10.1. The molecule has 0 aliphatic carbocycles. The summed E-state index contributed by atoms with van der Waals surface area (Å²) in [6.07, 6.45) is 0. The van der Waals surface area contributed by atoms with Crippen molar-refractivity contribution in [2.24, 2.45) is 0 Å². The van der Waals surface area contributed by atoms with Crippen molar-refractivity contribution in [2.45, 2.75) is 0 Å². The van der Waals surface area contributed by atoms with E-state index >= 15 is 0 Å². The summed E-state index contributed by atoms with van der Waals surface area (Å²) in [5.41, 5.74) is 1.80. The van der Waals surface area contributed by atoms with Crippen LogP contribution in [0, 0.1) is 0 Å². The third kappa shape index (κ3) is 5.57. The fraction of sp³-hybridized carbons (Fsp3) is 0.238. The first kappa shape index (κ1) is 20.9. The lowest BCUT2D eigenvalue weighted by atomic mass is 10.1. The molecule has 0 amide bonds. The van der Waals surface area contributed by atoms with E-state index in [9.17, 15) is 9.90 Å². The Morgan fingerprint density at radius 2 is 1.66 bits per heavy atom. The highest BCUT2D eigenvalue weighted by Crippen LogP contribution is 2.28. The van der Waals surface area contributed by atoms with E-state index < -0.39 is 5.97 Å². The summed E-state index contributed by atoms with van der Waals surface area (Å²) in [6.45, 7) is 1.97. The van der Waals surface area contributed by atoms with Crippen LogP contribution in [0.25, 0.3) is 22.6 Å². The van der Waals surface area contributed by atoms with Crippen LogP contribution in [-0.2, 0) is 9.47 Å². The Kier molecular flexibility index (Phi) is 7.24. The minimum Gasteiger partial charge on any atom is -0.491 e. The molecule has 8 heteroatoms. The third-order valence-corrected chi connectivity index (χ3v) is 4.34. The van der Waals surface area contributed by atoms with E-state index in [1.807, 2.05) is 12.1 Å². The molecule has 3 rings (SSSR count). The molecular weight excluding hydrogens is 396 g/mol. The van der Waals surface area contributed by atoms with Crippen molar-refractivity contribution < 1.29 is 24.1 Å². The molecule has 0 spiro atoms.